The molecular weight excluding hydrogens is 134 g/mol. The van der Waals surface area contributed by atoms with Gasteiger partial charge in [-0.25, -0.2) is 0 Å². The fourth-order valence-corrected chi connectivity index (χ4v) is 1.90. The summed E-state index contributed by atoms with van der Waals surface area (Å²) in [5.74, 6) is 0. The first-order valence-corrected chi connectivity index (χ1v) is 4.67. The first-order chi connectivity index (χ1) is 5.27. The maximum Gasteiger partial charge on any atom is 0.0157 e. The molecule has 0 aliphatic heterocycles. The number of allylic oxidation sites excluding steroid dienone is 1. The van der Waals surface area contributed by atoms with Crippen LogP contribution in [0.2, 0.25) is 0 Å². The van der Waals surface area contributed by atoms with Gasteiger partial charge in [0, 0.05) is 5.54 Å². The van der Waals surface area contributed by atoms with Crippen molar-refractivity contribution in [2.75, 3.05) is 0 Å². The van der Waals surface area contributed by atoms with Gasteiger partial charge in [0.1, 0.15) is 0 Å². The molecule has 0 amide bonds. The molecule has 64 valence electrons. The topological polar surface area (TPSA) is 26.0 Å². The van der Waals surface area contributed by atoms with Crippen LogP contribution in [0.4, 0.5) is 0 Å². The summed E-state index contributed by atoms with van der Waals surface area (Å²) in [6.07, 6.45) is 10.7. The van der Waals surface area contributed by atoms with E-state index in [9.17, 15) is 0 Å². The van der Waals surface area contributed by atoms with Gasteiger partial charge in [-0.1, -0.05) is 25.3 Å². The highest BCUT2D eigenvalue weighted by molar-refractivity contribution is 4.89. The lowest BCUT2D eigenvalue weighted by atomic mass is 9.79. The Morgan fingerprint density at radius 3 is 2.45 bits per heavy atom. The zero-order chi connectivity index (χ0) is 8.16. The third-order valence-corrected chi connectivity index (χ3v) is 2.70. The number of nitrogens with two attached hydrogens (primary N) is 1. The van der Waals surface area contributed by atoms with Crippen molar-refractivity contribution in [1.82, 2.24) is 0 Å². The molecule has 0 atom stereocenters. The summed E-state index contributed by atoms with van der Waals surface area (Å²) in [4.78, 5) is 0. The summed E-state index contributed by atoms with van der Waals surface area (Å²) >= 11 is 0. The molecular formula is C10H19N. The lowest BCUT2D eigenvalue weighted by molar-refractivity contribution is 0.280. The molecule has 1 aliphatic carbocycles. The van der Waals surface area contributed by atoms with Crippen molar-refractivity contribution in [3.8, 4) is 0 Å². The summed E-state index contributed by atoms with van der Waals surface area (Å²) in [5.41, 5.74) is 6.36. The molecule has 0 unspecified atom stereocenters. The van der Waals surface area contributed by atoms with Gasteiger partial charge in [0.2, 0.25) is 0 Å². The van der Waals surface area contributed by atoms with Crippen LogP contribution in [0, 0.1) is 0 Å². The van der Waals surface area contributed by atoms with Crippen molar-refractivity contribution in [2.24, 2.45) is 5.73 Å². The largest absolute Gasteiger partial charge is 0.325 e. The molecule has 0 spiro atoms. The van der Waals surface area contributed by atoms with Crippen molar-refractivity contribution in [1.29, 1.82) is 0 Å². The Balaban J connectivity index is 2.30. The van der Waals surface area contributed by atoms with Crippen molar-refractivity contribution >= 4 is 0 Å². The second kappa shape index (κ2) is 3.91. The third kappa shape index (κ3) is 2.66. The lowest BCUT2D eigenvalue weighted by Crippen LogP contribution is -2.41. The Hall–Kier alpha value is -0.300. The van der Waals surface area contributed by atoms with Gasteiger partial charge in [0.25, 0.3) is 0 Å². The molecule has 1 rings (SSSR count). The molecule has 0 aromatic heterocycles. The molecule has 0 heterocycles. The molecule has 1 aliphatic rings. The van der Waals surface area contributed by atoms with Crippen LogP contribution in [0.15, 0.2) is 12.7 Å². The van der Waals surface area contributed by atoms with Crippen LogP contribution >= 0.6 is 0 Å². The highest BCUT2D eigenvalue weighted by Gasteiger charge is 2.25. The van der Waals surface area contributed by atoms with Gasteiger partial charge in [-0.2, -0.15) is 0 Å². The molecule has 11 heavy (non-hydrogen) atoms. The van der Waals surface area contributed by atoms with Gasteiger partial charge < -0.3 is 5.73 Å². The molecule has 0 aromatic rings. The normalized spacial score (nSPS) is 23.0. The summed E-state index contributed by atoms with van der Waals surface area (Å²) in [6.45, 7) is 3.72. The van der Waals surface area contributed by atoms with E-state index < -0.39 is 0 Å². The third-order valence-electron chi connectivity index (χ3n) is 2.70. The summed E-state index contributed by atoms with van der Waals surface area (Å²) in [6, 6.07) is 0. The van der Waals surface area contributed by atoms with Crippen molar-refractivity contribution in [3.63, 3.8) is 0 Å². The molecule has 0 radical (unpaired) electrons. The zero-order valence-electron chi connectivity index (χ0n) is 7.31. The van der Waals surface area contributed by atoms with E-state index in [1.165, 1.54) is 32.1 Å². The highest BCUT2D eigenvalue weighted by Crippen LogP contribution is 2.29. The molecule has 1 fully saturated rings. The first-order valence-electron chi connectivity index (χ1n) is 4.67. The number of hydrogen-bond donors (Lipinski definition) is 1. The van der Waals surface area contributed by atoms with Crippen LogP contribution in [-0.4, -0.2) is 5.54 Å². The SMILES string of the molecule is C=CCCC1(N)CCCCC1. The van der Waals surface area contributed by atoms with Crippen LogP contribution in [0.1, 0.15) is 44.9 Å². The van der Waals surface area contributed by atoms with Crippen LogP contribution < -0.4 is 5.73 Å². The highest BCUT2D eigenvalue weighted by atomic mass is 14.7. The van der Waals surface area contributed by atoms with Gasteiger partial charge in [-0.05, 0) is 25.7 Å². The smallest absolute Gasteiger partial charge is 0.0157 e. The second-order valence-electron chi connectivity index (χ2n) is 3.75. The average molecular weight is 153 g/mol. The van der Waals surface area contributed by atoms with Gasteiger partial charge in [-0.15, -0.1) is 6.58 Å². The van der Waals surface area contributed by atoms with E-state index in [4.69, 9.17) is 5.73 Å². The van der Waals surface area contributed by atoms with Gasteiger partial charge in [0.15, 0.2) is 0 Å². The lowest BCUT2D eigenvalue weighted by Gasteiger charge is -2.33. The Labute approximate surface area is 69.7 Å². The minimum absolute atomic E-state index is 0.159. The Kier molecular flexibility index (Phi) is 3.13. The average Bonchev–Trinajstić information content (AvgIpc) is 2.03. The summed E-state index contributed by atoms with van der Waals surface area (Å²) in [5, 5.41) is 0. The fraction of sp³-hybridized carbons (Fsp3) is 0.800. The van der Waals surface area contributed by atoms with Gasteiger partial charge >= 0.3 is 0 Å². The molecule has 2 N–H and O–H groups in total. The van der Waals surface area contributed by atoms with Crippen molar-refractivity contribution in [3.05, 3.63) is 12.7 Å². The first kappa shape index (κ1) is 8.79. The second-order valence-corrected chi connectivity index (χ2v) is 3.75. The molecule has 0 aromatic carbocycles. The maximum absolute atomic E-state index is 6.20. The van der Waals surface area contributed by atoms with E-state index in [0.717, 1.165) is 12.8 Å². The van der Waals surface area contributed by atoms with E-state index in [0.29, 0.717) is 0 Å². The minimum atomic E-state index is 0.159. The van der Waals surface area contributed by atoms with E-state index >= 15 is 0 Å². The number of hydrogen-bond acceptors (Lipinski definition) is 1. The summed E-state index contributed by atoms with van der Waals surface area (Å²) in [7, 11) is 0. The Bertz CT molecular complexity index is 123. The standard InChI is InChI=1S/C10H19N/c1-2-3-7-10(11)8-5-4-6-9-10/h2H,1,3-9,11H2. The maximum atomic E-state index is 6.20. The quantitative estimate of drug-likeness (QED) is 0.620. The zero-order valence-corrected chi connectivity index (χ0v) is 7.31. The van der Waals surface area contributed by atoms with Gasteiger partial charge in [-0.3, -0.25) is 0 Å². The Morgan fingerprint density at radius 1 is 1.27 bits per heavy atom. The van der Waals surface area contributed by atoms with Crippen molar-refractivity contribution in [2.45, 2.75) is 50.5 Å². The molecule has 1 nitrogen and oxygen atoms in total. The Morgan fingerprint density at radius 2 is 1.91 bits per heavy atom. The predicted octanol–water partition coefficient (Wildman–Crippen LogP) is 2.61. The monoisotopic (exact) mass is 153 g/mol. The summed E-state index contributed by atoms with van der Waals surface area (Å²) < 4.78 is 0. The van der Waals surface area contributed by atoms with Crippen LogP contribution in [-0.2, 0) is 0 Å². The molecule has 1 saturated carbocycles. The molecule has 1 heteroatoms. The van der Waals surface area contributed by atoms with Crippen LogP contribution in [0.5, 0.6) is 0 Å². The fourth-order valence-electron chi connectivity index (χ4n) is 1.90. The van der Waals surface area contributed by atoms with E-state index in [1.807, 2.05) is 6.08 Å². The number of rotatable bonds is 3. The minimum Gasteiger partial charge on any atom is -0.325 e. The van der Waals surface area contributed by atoms with Gasteiger partial charge in [0.05, 0.1) is 0 Å². The van der Waals surface area contributed by atoms with E-state index in [-0.39, 0.29) is 5.54 Å². The van der Waals surface area contributed by atoms with Crippen LogP contribution in [0.3, 0.4) is 0 Å². The van der Waals surface area contributed by atoms with E-state index in [1.54, 1.807) is 0 Å². The predicted molar refractivity (Wildman–Crippen MR) is 49.4 cm³/mol. The van der Waals surface area contributed by atoms with Crippen LogP contribution in [0.25, 0.3) is 0 Å². The molecule has 0 bridgehead atoms. The molecule has 0 saturated heterocycles. The van der Waals surface area contributed by atoms with E-state index in [2.05, 4.69) is 6.58 Å². The van der Waals surface area contributed by atoms with Crippen molar-refractivity contribution < 1.29 is 0 Å².